The van der Waals surface area contributed by atoms with Crippen LogP contribution in [-0.4, -0.2) is 27.9 Å². The maximum atomic E-state index is 14.6. The summed E-state index contributed by atoms with van der Waals surface area (Å²) in [6, 6.07) is 16.6. The topological polar surface area (TPSA) is 91.8 Å². The fourth-order valence-electron chi connectivity index (χ4n) is 3.58. The Balaban J connectivity index is 1.63. The summed E-state index contributed by atoms with van der Waals surface area (Å²) in [5.74, 6) is 0.285. The molecule has 8 heteroatoms. The minimum atomic E-state index is -0.562. The van der Waals surface area contributed by atoms with Gasteiger partial charge >= 0.3 is 0 Å². The minimum Gasteiger partial charge on any atom is -0.357 e. The van der Waals surface area contributed by atoms with Crippen molar-refractivity contribution < 1.29 is 9.18 Å². The smallest absolute Gasteiger partial charge is 0.255 e. The molecule has 7 nitrogen and oxygen atoms in total. The molecule has 35 heavy (non-hydrogen) atoms. The van der Waals surface area contributed by atoms with Gasteiger partial charge in [-0.25, -0.2) is 19.3 Å². The van der Waals surface area contributed by atoms with Gasteiger partial charge in [-0.2, -0.15) is 0 Å². The number of anilines is 4. The van der Waals surface area contributed by atoms with E-state index in [1.165, 1.54) is 0 Å². The first kappa shape index (κ1) is 23.8. The van der Waals surface area contributed by atoms with E-state index in [-0.39, 0.29) is 11.6 Å². The van der Waals surface area contributed by atoms with Crippen LogP contribution in [0.1, 0.15) is 41.3 Å². The van der Waals surface area contributed by atoms with Gasteiger partial charge in [-0.15, -0.1) is 0 Å². The van der Waals surface area contributed by atoms with Gasteiger partial charge in [0.15, 0.2) is 5.82 Å². The third-order valence-corrected chi connectivity index (χ3v) is 5.59. The lowest BCUT2D eigenvalue weighted by Gasteiger charge is -2.15. The van der Waals surface area contributed by atoms with Gasteiger partial charge in [0.2, 0.25) is 5.95 Å². The molecule has 0 unspecified atom stereocenters. The first-order chi connectivity index (χ1) is 16.9. The molecule has 2 aromatic heterocycles. The highest BCUT2D eigenvalue weighted by molar-refractivity contribution is 6.05. The number of aryl methyl sites for hydroxylation is 1. The van der Waals surface area contributed by atoms with Crippen LogP contribution in [-0.2, 0) is 0 Å². The van der Waals surface area contributed by atoms with Crippen molar-refractivity contribution in [2.45, 2.75) is 26.7 Å². The molecule has 0 aliphatic heterocycles. The van der Waals surface area contributed by atoms with Gasteiger partial charge < -0.3 is 16.0 Å². The summed E-state index contributed by atoms with van der Waals surface area (Å²) in [6.07, 6.45) is 2.73. The van der Waals surface area contributed by atoms with Gasteiger partial charge in [0.25, 0.3) is 5.91 Å². The molecule has 0 bridgehead atoms. The zero-order chi connectivity index (χ0) is 24.9. The highest BCUT2D eigenvalue weighted by atomic mass is 19.1. The zero-order valence-corrected chi connectivity index (χ0v) is 20.1. The predicted molar refractivity (Wildman–Crippen MR) is 138 cm³/mol. The minimum absolute atomic E-state index is 0.122. The summed E-state index contributed by atoms with van der Waals surface area (Å²) in [5.41, 5.74) is 4.55. The highest BCUT2D eigenvalue weighted by Gasteiger charge is 2.16. The maximum Gasteiger partial charge on any atom is 0.255 e. The molecule has 2 heterocycles. The van der Waals surface area contributed by atoms with E-state index in [2.05, 4.69) is 44.7 Å². The van der Waals surface area contributed by atoms with Gasteiger partial charge in [0.05, 0.1) is 6.20 Å². The summed E-state index contributed by atoms with van der Waals surface area (Å²) in [5, 5.41) is 9.03. The Morgan fingerprint density at radius 1 is 1.03 bits per heavy atom. The largest absolute Gasteiger partial charge is 0.357 e. The van der Waals surface area contributed by atoms with Crippen LogP contribution >= 0.6 is 0 Å². The van der Waals surface area contributed by atoms with Crippen LogP contribution in [0.25, 0.3) is 11.3 Å². The number of carbonyl (C=O) groups excluding carboxylic acids is 1. The van der Waals surface area contributed by atoms with Crippen LogP contribution in [0.15, 0.2) is 67.0 Å². The summed E-state index contributed by atoms with van der Waals surface area (Å²) in [6.45, 7) is 6.14. The van der Waals surface area contributed by atoms with Crippen molar-refractivity contribution in [1.82, 2.24) is 15.0 Å². The second-order valence-corrected chi connectivity index (χ2v) is 8.43. The summed E-state index contributed by atoms with van der Waals surface area (Å²) >= 11 is 0. The monoisotopic (exact) mass is 470 g/mol. The average Bonchev–Trinajstić information content (AvgIpc) is 2.86. The van der Waals surface area contributed by atoms with Crippen molar-refractivity contribution in [3.8, 4) is 11.3 Å². The molecular formula is C27H27FN6O. The van der Waals surface area contributed by atoms with Crippen molar-refractivity contribution in [2.24, 2.45) is 0 Å². The van der Waals surface area contributed by atoms with E-state index in [0.29, 0.717) is 34.5 Å². The fraction of sp³-hybridized carbons (Fsp3) is 0.185. The lowest BCUT2D eigenvalue weighted by Crippen LogP contribution is -2.13. The zero-order valence-electron chi connectivity index (χ0n) is 20.1. The lowest BCUT2D eigenvalue weighted by molar-refractivity contribution is 0.102. The van der Waals surface area contributed by atoms with Gasteiger partial charge in [-0.05, 0) is 60.4 Å². The third kappa shape index (κ3) is 5.43. The number of nitrogens with zero attached hydrogens (tertiary/aromatic N) is 3. The second-order valence-electron chi connectivity index (χ2n) is 8.43. The van der Waals surface area contributed by atoms with Gasteiger partial charge in [-0.1, -0.05) is 32.0 Å². The number of aromatic nitrogens is 3. The number of rotatable bonds is 7. The Morgan fingerprint density at radius 3 is 2.63 bits per heavy atom. The molecule has 1 amide bonds. The number of hydrogen-bond acceptors (Lipinski definition) is 6. The number of amides is 1. The Morgan fingerprint density at radius 2 is 1.86 bits per heavy atom. The van der Waals surface area contributed by atoms with Crippen LogP contribution in [0.4, 0.5) is 27.5 Å². The first-order valence-electron chi connectivity index (χ1n) is 11.3. The van der Waals surface area contributed by atoms with Crippen molar-refractivity contribution in [1.29, 1.82) is 0 Å². The Labute approximate surface area is 203 Å². The van der Waals surface area contributed by atoms with Crippen LogP contribution < -0.4 is 16.0 Å². The number of carbonyl (C=O) groups is 1. The highest BCUT2D eigenvalue weighted by Crippen LogP contribution is 2.31. The molecule has 0 saturated heterocycles. The standard InChI is InChI=1S/C27H27FN6O/c1-16(2)18-7-5-8-20(13-18)32-26(35)19-11-10-17(3)23(14-19)33-25-21(9-6-12-30-25)24-22(28)15-31-27(29-4)34-24/h5-16H,1-4H3,(H,30,33)(H,32,35)(H,29,31,34). The molecule has 2 aromatic carbocycles. The fourth-order valence-corrected chi connectivity index (χ4v) is 3.58. The van der Waals surface area contributed by atoms with Crippen LogP contribution in [0.3, 0.4) is 0 Å². The third-order valence-electron chi connectivity index (χ3n) is 5.59. The van der Waals surface area contributed by atoms with Crippen molar-refractivity contribution in [3.63, 3.8) is 0 Å². The second kappa shape index (κ2) is 10.3. The molecule has 0 fully saturated rings. The first-order valence-corrected chi connectivity index (χ1v) is 11.3. The molecule has 0 atom stereocenters. The molecular weight excluding hydrogens is 443 g/mol. The number of benzene rings is 2. The predicted octanol–water partition coefficient (Wildman–Crippen LogP) is 6.15. The van der Waals surface area contributed by atoms with Crippen molar-refractivity contribution >= 4 is 29.0 Å². The maximum absolute atomic E-state index is 14.6. The number of halogens is 1. The lowest BCUT2D eigenvalue weighted by atomic mass is 10.0. The molecule has 178 valence electrons. The Bertz CT molecular complexity index is 1370. The van der Waals surface area contributed by atoms with E-state index < -0.39 is 5.82 Å². The van der Waals surface area contributed by atoms with Crippen molar-refractivity contribution in [2.75, 3.05) is 23.0 Å². The summed E-state index contributed by atoms with van der Waals surface area (Å²) < 4.78 is 14.6. The average molecular weight is 471 g/mol. The van der Waals surface area contributed by atoms with Gasteiger partial charge in [-0.3, -0.25) is 4.79 Å². The van der Waals surface area contributed by atoms with E-state index in [9.17, 15) is 9.18 Å². The molecule has 0 saturated carbocycles. The van der Waals surface area contributed by atoms with E-state index >= 15 is 0 Å². The van der Waals surface area contributed by atoms with Crippen LogP contribution in [0, 0.1) is 12.7 Å². The Hall–Kier alpha value is -4.33. The summed E-state index contributed by atoms with van der Waals surface area (Å²) in [4.78, 5) is 25.5. The SMILES string of the molecule is CNc1ncc(F)c(-c2cccnc2Nc2cc(C(=O)Nc3cccc(C(C)C)c3)ccc2C)n1. The molecule has 3 N–H and O–H groups in total. The molecule has 4 rings (SSSR count). The quantitative estimate of drug-likeness (QED) is 0.300. The molecule has 0 spiro atoms. The van der Waals surface area contributed by atoms with Gasteiger partial charge in [0, 0.05) is 35.7 Å². The molecule has 0 radical (unpaired) electrons. The summed E-state index contributed by atoms with van der Waals surface area (Å²) in [7, 11) is 1.67. The van der Waals surface area contributed by atoms with E-state index in [1.54, 1.807) is 37.5 Å². The molecule has 4 aromatic rings. The number of nitrogens with one attached hydrogen (secondary N) is 3. The normalized spacial score (nSPS) is 10.8. The van der Waals surface area contributed by atoms with Crippen molar-refractivity contribution in [3.05, 3.63) is 89.5 Å². The molecule has 0 aliphatic carbocycles. The van der Waals surface area contributed by atoms with E-state index in [4.69, 9.17) is 0 Å². The van der Waals surface area contributed by atoms with Gasteiger partial charge in [0.1, 0.15) is 11.5 Å². The van der Waals surface area contributed by atoms with Crippen LogP contribution in [0.5, 0.6) is 0 Å². The number of pyridine rings is 1. The number of hydrogen-bond donors (Lipinski definition) is 3. The van der Waals surface area contributed by atoms with E-state index in [1.807, 2.05) is 37.3 Å². The Kier molecular flexibility index (Phi) is 7.01. The van der Waals surface area contributed by atoms with E-state index in [0.717, 1.165) is 23.0 Å². The molecule has 0 aliphatic rings. The van der Waals surface area contributed by atoms with Crippen LogP contribution in [0.2, 0.25) is 0 Å².